The molecule has 21 heteroatoms. The molecule has 0 bridgehead atoms. The minimum atomic E-state index is -3.61. The zero-order valence-corrected chi connectivity index (χ0v) is 36.6. The Morgan fingerprint density at radius 3 is 1.46 bits per heavy atom. The Morgan fingerprint density at radius 1 is 0.609 bits per heavy atom. The number of likely N-dealkylation sites (tertiary alicyclic amines) is 3. The summed E-state index contributed by atoms with van der Waals surface area (Å²) in [6, 6.07) is -2.72. The van der Waals surface area contributed by atoms with Crippen LogP contribution in [0.5, 0.6) is 0 Å². The van der Waals surface area contributed by atoms with Crippen LogP contribution in [0.1, 0.15) is 79.4 Å². The molecule has 69 heavy (non-hydrogen) atoms. The van der Waals surface area contributed by atoms with Crippen LogP contribution in [0.15, 0.2) is 55.8 Å². The summed E-state index contributed by atoms with van der Waals surface area (Å²) in [5.41, 5.74) is 0.937. The Balaban J connectivity index is 0.000000207. The Morgan fingerprint density at radius 2 is 1.01 bits per heavy atom. The molecule has 21 nitrogen and oxygen atoms in total. The lowest BCUT2D eigenvalue weighted by atomic mass is 9.92. The lowest BCUT2D eigenvalue weighted by Crippen LogP contribution is -2.53. The topological polar surface area (TPSA) is 208 Å². The first kappa shape index (κ1) is 23.9. The molecule has 3 N–H and O–H groups in total. The van der Waals surface area contributed by atoms with Crippen molar-refractivity contribution in [1.29, 1.82) is 0 Å². The van der Waals surface area contributed by atoms with Gasteiger partial charge in [-0.05, 0) is 55.0 Å². The fraction of sp³-hybridized carbons (Fsp3) is 0.500. The summed E-state index contributed by atoms with van der Waals surface area (Å²) in [4.78, 5) is 81.7. The number of carbonyl (C=O) groups excluding carboxylic acids is 3. The van der Waals surface area contributed by atoms with Crippen LogP contribution in [0.2, 0.25) is 0 Å². The molecule has 3 aliphatic heterocycles. The van der Waals surface area contributed by atoms with E-state index in [9.17, 15) is 14.4 Å². The van der Waals surface area contributed by atoms with E-state index >= 15 is 0 Å². The Bertz CT molecular complexity index is 4150. The van der Waals surface area contributed by atoms with Crippen molar-refractivity contribution in [1.82, 2.24) is 59.6 Å². The number of nitrogens with zero attached hydrogens (tertiary/aromatic N) is 15. The van der Waals surface area contributed by atoms with Crippen LogP contribution in [-0.4, -0.2) is 175 Å². The van der Waals surface area contributed by atoms with E-state index in [1.807, 2.05) is 0 Å². The molecule has 9 heterocycles. The van der Waals surface area contributed by atoms with Gasteiger partial charge in [0.2, 0.25) is 0 Å². The molecule has 3 saturated heterocycles. The normalized spacial score (nSPS) is 36.6. The van der Waals surface area contributed by atoms with Crippen molar-refractivity contribution < 1.29 is 54.1 Å². The number of amides is 3. The highest BCUT2D eigenvalue weighted by atomic mass is 16.2. The van der Waals surface area contributed by atoms with Crippen molar-refractivity contribution >= 4 is 68.3 Å². The standard InChI is InChI=1S/3C16H20N6O/c3*1-11-5-7-22(14(23)8-17-2)9-13(11)21(3)16-12-4-6-18-15(12)19-10-20-16/h3*4,6,10-11,13H,5,7-9H2,1,3H3,(H,18,19,20)/t3*11-,13+/m111/s1/i1D3,5D2,7D2,9D2,13D;1D3,5D2,7D2,9D2,11D;1D3,5D2,7D2,9D2. The summed E-state index contributed by atoms with van der Waals surface area (Å²) in [6.07, 6.45) is -2.43. The first-order valence-corrected chi connectivity index (χ1v) is 20.1. The smallest absolute Gasteiger partial charge is 0.302 e. The molecule has 0 saturated carbocycles. The van der Waals surface area contributed by atoms with Crippen molar-refractivity contribution in [3.8, 4) is 0 Å². The minimum Gasteiger partial charge on any atom is -0.354 e. The van der Waals surface area contributed by atoms with Crippen LogP contribution < -0.4 is 14.7 Å². The van der Waals surface area contributed by atoms with Gasteiger partial charge in [0, 0.05) is 109 Å². The highest BCUT2D eigenvalue weighted by Crippen LogP contribution is 2.31. The molecule has 0 spiro atoms. The van der Waals surface area contributed by atoms with Crippen LogP contribution in [-0.2, 0) is 14.4 Å². The molecule has 0 unspecified atom stereocenters. The number of carbonyl (C=O) groups is 3. The molecule has 3 aliphatic rings. The van der Waals surface area contributed by atoms with E-state index in [1.54, 1.807) is 6.07 Å². The molecule has 360 valence electrons. The van der Waals surface area contributed by atoms with Crippen LogP contribution in [0, 0.1) is 37.4 Å². The maximum atomic E-state index is 12.7. The molecule has 0 aromatic carbocycles. The molecule has 6 aromatic rings. The lowest BCUT2D eigenvalue weighted by molar-refractivity contribution is -0.131. The second-order valence-corrected chi connectivity index (χ2v) is 14.4. The number of H-pyrrole nitrogens is 3. The molecule has 6 aromatic heterocycles. The maximum absolute atomic E-state index is 12.7. The molecule has 9 rings (SSSR count). The number of aromatic nitrogens is 9. The molecule has 0 radical (unpaired) electrons. The van der Waals surface area contributed by atoms with Crippen molar-refractivity contribution in [3.05, 3.63) is 90.0 Å². The number of rotatable bonds is 9. The van der Waals surface area contributed by atoms with Crippen LogP contribution in [0.25, 0.3) is 47.6 Å². The van der Waals surface area contributed by atoms with Gasteiger partial charge in [0.1, 0.15) is 53.4 Å². The summed E-state index contributed by atoms with van der Waals surface area (Å²) in [5, 5.41) is 0.958. The van der Waals surface area contributed by atoms with Gasteiger partial charge in [-0.15, -0.1) is 0 Å². The van der Waals surface area contributed by atoms with E-state index in [2.05, 4.69) is 59.4 Å². The zero-order valence-electron chi connectivity index (χ0n) is 65.6. The van der Waals surface area contributed by atoms with Crippen molar-refractivity contribution in [2.45, 2.75) is 57.8 Å². The number of fused-ring (bicyclic) bond motifs is 3. The second-order valence-electron chi connectivity index (χ2n) is 14.4. The second kappa shape index (κ2) is 22.3. The van der Waals surface area contributed by atoms with Gasteiger partial charge in [-0.3, -0.25) is 14.4 Å². The van der Waals surface area contributed by atoms with E-state index in [4.69, 9.17) is 59.5 Å². The number of piperidine rings is 3. The van der Waals surface area contributed by atoms with Crippen molar-refractivity contribution in [2.24, 2.45) is 17.7 Å². The van der Waals surface area contributed by atoms with Gasteiger partial charge in [-0.25, -0.2) is 49.6 Å². The number of likely N-dealkylation sites (N-methyl/N-ethyl adjacent to an activating group) is 3. The summed E-state index contributed by atoms with van der Waals surface area (Å²) in [6.45, 7) is -12.5. The number of nitrogens with one attached hydrogen (secondary N) is 3. The molecule has 0 aliphatic carbocycles. The molecular weight excluding hydrogens is 877 g/mol. The minimum absolute atomic E-state index is 0.0248. The fourth-order valence-corrected chi connectivity index (χ4v) is 6.70. The van der Waals surface area contributed by atoms with Gasteiger partial charge in [0.15, 0.2) is 0 Å². The third-order valence-corrected chi connectivity index (χ3v) is 10.1. The van der Waals surface area contributed by atoms with Gasteiger partial charge >= 0.3 is 17.7 Å². The van der Waals surface area contributed by atoms with Gasteiger partial charge in [0.25, 0.3) is 19.6 Å². The van der Waals surface area contributed by atoms with E-state index in [0.29, 0.717) is 22.1 Å². The highest BCUT2D eigenvalue weighted by Gasteiger charge is 2.36. The van der Waals surface area contributed by atoms with E-state index in [1.165, 1.54) is 44.8 Å². The number of aromatic amines is 3. The summed E-state index contributed by atoms with van der Waals surface area (Å²) in [5.74, 6) is -12.5. The van der Waals surface area contributed by atoms with E-state index < -0.39 is 152 Å². The lowest BCUT2D eigenvalue weighted by Gasteiger charge is -2.41. The van der Waals surface area contributed by atoms with Crippen molar-refractivity contribution in [3.63, 3.8) is 0 Å². The quantitative estimate of drug-likeness (QED) is 0.169. The molecular formula is C48H60N18O3. The summed E-state index contributed by atoms with van der Waals surface area (Å²) >= 11 is 0. The van der Waals surface area contributed by atoms with E-state index in [-0.39, 0.29) is 43.2 Å². The highest BCUT2D eigenvalue weighted by molar-refractivity contribution is 5.89. The Labute approximate surface area is 442 Å². The monoisotopic (exact) mass is 966 g/mol. The molecule has 3 fully saturated rings. The largest absolute Gasteiger partial charge is 0.354 e. The predicted octanol–water partition coefficient (Wildman–Crippen LogP) is 4.65. The summed E-state index contributed by atoms with van der Waals surface area (Å²) < 4.78 is 242. The van der Waals surface area contributed by atoms with Crippen LogP contribution >= 0.6 is 0 Å². The van der Waals surface area contributed by atoms with Crippen LogP contribution in [0.4, 0.5) is 17.5 Å². The predicted molar refractivity (Wildman–Crippen MR) is 264 cm³/mol. The maximum Gasteiger partial charge on any atom is 0.302 e. The number of hydrogen-bond donors (Lipinski definition) is 3. The average molecular weight is 966 g/mol. The zero-order chi connectivity index (χ0) is 74.7. The Hall–Kier alpha value is -7.86. The number of hydrogen-bond acceptors (Lipinski definition) is 12. The first-order chi connectivity index (χ1) is 44.5. The molecule has 6 atom stereocenters. The third kappa shape index (κ3) is 11.0. The van der Waals surface area contributed by atoms with Gasteiger partial charge in [-0.2, -0.15) is 0 Å². The third-order valence-electron chi connectivity index (χ3n) is 10.1. The fourth-order valence-electron chi connectivity index (χ4n) is 6.70. The SMILES string of the molecule is [2H]C([2H])([2H])[C@@H]1C([2H])([2H])C([2H])([2H])N(C(=O)C[N+]#[C-])C([2H])([2H])[C@]1([2H])N(C)c1ncnc2[nH]ccc12.[2H]C([2H])([2H])[C@H]1[C@@H](N(C)c2ncnc3[nH]ccc23)C([2H])([2H])N(C(=O)C[N+]#[C-])C([2H])([2H])C1([2H])[2H].[2H]C1([2H])[C@H](N(C)c2ncnc3[nH]ccc23)[C@]([2H])(C([2H])([2H])[2H])C([2H])([2H])C([2H])([2H])N1C(=O)C[N+]#[C-]. The van der Waals surface area contributed by atoms with Crippen LogP contribution in [0.3, 0.4) is 0 Å². The summed E-state index contributed by atoms with van der Waals surface area (Å²) in [7, 11) is 3.60. The van der Waals surface area contributed by atoms with Gasteiger partial charge in [-0.1, -0.05) is 20.6 Å². The molecule has 3 amide bonds. The van der Waals surface area contributed by atoms with E-state index in [0.717, 1.165) is 40.7 Å². The van der Waals surface area contributed by atoms with Gasteiger partial charge < -0.3 is 58.9 Å². The van der Waals surface area contributed by atoms with Crippen molar-refractivity contribution in [2.75, 3.05) is 94.5 Å². The average Bonchev–Trinajstić information content (AvgIpc) is 0.867. The first-order valence-electron chi connectivity index (χ1n) is 34.6. The number of anilines is 3. The van der Waals surface area contributed by atoms with Gasteiger partial charge in [0.05, 0.1) is 43.9 Å². The Kier molecular flexibility index (Phi) is 7.73.